The van der Waals surface area contributed by atoms with E-state index in [1.807, 2.05) is 31.3 Å². The van der Waals surface area contributed by atoms with Crippen LogP contribution in [-0.4, -0.2) is 31.2 Å². The molecule has 0 spiro atoms. The molecule has 0 aromatic heterocycles. The van der Waals surface area contributed by atoms with Crippen molar-refractivity contribution in [3.63, 3.8) is 0 Å². The summed E-state index contributed by atoms with van der Waals surface area (Å²) >= 11 is 0. The molecule has 4 nitrogen and oxygen atoms in total. The molecular weight excluding hydrogens is 202 g/mol. The highest BCUT2D eigenvalue weighted by Gasteiger charge is 2.20. The summed E-state index contributed by atoms with van der Waals surface area (Å²) in [6.45, 7) is 4.05. The molecule has 1 saturated heterocycles. The summed E-state index contributed by atoms with van der Waals surface area (Å²) in [6.07, 6.45) is 1.15. The van der Waals surface area contributed by atoms with E-state index in [1.165, 1.54) is 5.56 Å². The van der Waals surface area contributed by atoms with Gasteiger partial charge in [0.05, 0.1) is 0 Å². The van der Waals surface area contributed by atoms with Crippen LogP contribution in [-0.2, 0) is 0 Å². The molecule has 4 heteroatoms. The monoisotopic (exact) mass is 221 g/mol. The molecule has 1 atom stereocenters. The number of aryl methyl sites for hydroxylation is 1. The summed E-state index contributed by atoms with van der Waals surface area (Å²) in [4.78, 5) is 5.49. The number of nitrogens with one attached hydrogen (secondary N) is 2. The molecule has 0 saturated carbocycles. The van der Waals surface area contributed by atoms with E-state index in [2.05, 4.69) is 22.8 Å². The quantitative estimate of drug-likeness (QED) is 0.746. The Morgan fingerprint density at radius 2 is 2.06 bits per heavy atom. The standard InChI is InChI=1S/C12H19N3O/c1-10-3-5-12(6-4-10)16-14-15-8-7-11(9-15)13-2/h3-6,11,13-14H,7-9H2,1-2H3. The summed E-state index contributed by atoms with van der Waals surface area (Å²) in [5, 5.41) is 5.35. The third kappa shape index (κ3) is 2.95. The van der Waals surface area contributed by atoms with Crippen LogP contribution in [0.5, 0.6) is 5.75 Å². The van der Waals surface area contributed by atoms with E-state index >= 15 is 0 Å². The number of rotatable bonds is 4. The molecule has 1 aliphatic rings. The molecular formula is C12H19N3O. The molecule has 1 aromatic rings. The lowest BCUT2D eigenvalue weighted by Crippen LogP contribution is -2.40. The third-order valence-corrected chi connectivity index (χ3v) is 2.91. The van der Waals surface area contributed by atoms with Crippen LogP contribution in [0.2, 0.25) is 0 Å². The van der Waals surface area contributed by atoms with Gasteiger partial charge in [-0.05, 0) is 32.5 Å². The van der Waals surface area contributed by atoms with Gasteiger partial charge in [-0.2, -0.15) is 0 Å². The van der Waals surface area contributed by atoms with Crippen LogP contribution in [0.25, 0.3) is 0 Å². The summed E-state index contributed by atoms with van der Waals surface area (Å²) in [5.41, 5.74) is 4.21. The number of likely N-dealkylation sites (N-methyl/N-ethyl adjacent to an activating group) is 1. The number of hydrogen-bond acceptors (Lipinski definition) is 4. The molecule has 1 aromatic carbocycles. The molecule has 16 heavy (non-hydrogen) atoms. The van der Waals surface area contributed by atoms with Crippen LogP contribution in [0.3, 0.4) is 0 Å². The summed E-state index contributed by atoms with van der Waals surface area (Å²) in [7, 11) is 2.00. The Balaban J connectivity index is 1.77. The summed E-state index contributed by atoms with van der Waals surface area (Å²) < 4.78 is 0. The molecule has 1 unspecified atom stereocenters. The first-order chi connectivity index (χ1) is 7.78. The Morgan fingerprint density at radius 1 is 1.31 bits per heavy atom. The first kappa shape index (κ1) is 11.4. The minimum absolute atomic E-state index is 0.564. The number of hydrogen-bond donors (Lipinski definition) is 2. The summed E-state index contributed by atoms with van der Waals surface area (Å²) in [6, 6.07) is 8.57. The van der Waals surface area contributed by atoms with Gasteiger partial charge in [0.15, 0.2) is 0 Å². The van der Waals surface area contributed by atoms with Crippen LogP contribution in [0.15, 0.2) is 24.3 Å². The second-order valence-electron chi connectivity index (χ2n) is 4.23. The molecule has 0 amide bonds. The summed E-state index contributed by atoms with van der Waals surface area (Å²) in [5.74, 6) is 0.846. The maximum atomic E-state index is 5.49. The first-order valence-corrected chi connectivity index (χ1v) is 5.69. The SMILES string of the molecule is CNC1CCN(NOc2ccc(C)cc2)C1. The molecule has 88 valence electrons. The van der Waals surface area contributed by atoms with E-state index in [-0.39, 0.29) is 0 Å². The molecule has 2 N–H and O–H groups in total. The van der Waals surface area contributed by atoms with Crippen molar-refractivity contribution < 1.29 is 4.84 Å². The fourth-order valence-electron chi connectivity index (χ4n) is 1.80. The third-order valence-electron chi connectivity index (χ3n) is 2.91. The number of benzene rings is 1. The Bertz CT molecular complexity index is 326. The van der Waals surface area contributed by atoms with Crippen LogP contribution in [0.4, 0.5) is 0 Å². The Hall–Kier alpha value is -1.10. The molecule has 0 bridgehead atoms. The minimum Gasteiger partial charge on any atom is -0.394 e. The average Bonchev–Trinajstić information content (AvgIpc) is 2.76. The lowest BCUT2D eigenvalue weighted by molar-refractivity contribution is 0.0200. The average molecular weight is 221 g/mol. The second kappa shape index (κ2) is 5.30. The zero-order chi connectivity index (χ0) is 11.4. The Kier molecular flexibility index (Phi) is 3.77. The van der Waals surface area contributed by atoms with Crippen molar-refractivity contribution in [1.82, 2.24) is 15.9 Å². The van der Waals surface area contributed by atoms with E-state index in [0.29, 0.717) is 6.04 Å². The number of hydrazine groups is 1. The maximum absolute atomic E-state index is 5.49. The van der Waals surface area contributed by atoms with Crippen LogP contribution in [0.1, 0.15) is 12.0 Å². The number of nitrogens with zero attached hydrogens (tertiary/aromatic N) is 1. The smallest absolute Gasteiger partial charge is 0.149 e. The van der Waals surface area contributed by atoms with Gasteiger partial charge in [-0.3, -0.25) is 0 Å². The van der Waals surface area contributed by atoms with Crippen molar-refractivity contribution >= 4 is 0 Å². The highest BCUT2D eigenvalue weighted by molar-refractivity contribution is 5.25. The lowest BCUT2D eigenvalue weighted by Gasteiger charge is -2.17. The van der Waals surface area contributed by atoms with Crippen molar-refractivity contribution in [3.05, 3.63) is 29.8 Å². The highest BCUT2D eigenvalue weighted by atomic mass is 16.7. The van der Waals surface area contributed by atoms with Gasteiger partial charge in [0.1, 0.15) is 5.75 Å². The van der Waals surface area contributed by atoms with Crippen LogP contribution < -0.4 is 15.7 Å². The van der Waals surface area contributed by atoms with Gasteiger partial charge in [0.2, 0.25) is 0 Å². The Morgan fingerprint density at radius 3 is 2.69 bits per heavy atom. The van der Waals surface area contributed by atoms with Gasteiger partial charge in [0.25, 0.3) is 0 Å². The van der Waals surface area contributed by atoms with Gasteiger partial charge in [0, 0.05) is 19.1 Å². The van der Waals surface area contributed by atoms with Crippen LogP contribution >= 0.6 is 0 Å². The molecule has 1 fully saturated rings. The van der Waals surface area contributed by atoms with E-state index in [0.717, 1.165) is 25.3 Å². The molecule has 1 aliphatic heterocycles. The highest BCUT2D eigenvalue weighted by Crippen LogP contribution is 2.11. The largest absolute Gasteiger partial charge is 0.394 e. The van der Waals surface area contributed by atoms with Gasteiger partial charge in [-0.25, -0.2) is 5.01 Å². The van der Waals surface area contributed by atoms with Crippen molar-refractivity contribution in [3.8, 4) is 5.75 Å². The van der Waals surface area contributed by atoms with Gasteiger partial charge < -0.3 is 10.2 Å². The van der Waals surface area contributed by atoms with E-state index in [9.17, 15) is 0 Å². The normalized spacial score (nSPS) is 21.2. The van der Waals surface area contributed by atoms with Crippen molar-refractivity contribution in [2.24, 2.45) is 0 Å². The zero-order valence-electron chi connectivity index (χ0n) is 9.86. The lowest BCUT2D eigenvalue weighted by atomic mass is 10.2. The van der Waals surface area contributed by atoms with Crippen LogP contribution in [0, 0.1) is 6.92 Å². The zero-order valence-corrected chi connectivity index (χ0v) is 9.86. The predicted octanol–water partition coefficient (Wildman–Crippen LogP) is 1.09. The topological polar surface area (TPSA) is 36.5 Å². The minimum atomic E-state index is 0.564. The van der Waals surface area contributed by atoms with Crippen molar-refractivity contribution in [2.45, 2.75) is 19.4 Å². The fourth-order valence-corrected chi connectivity index (χ4v) is 1.80. The van der Waals surface area contributed by atoms with E-state index in [1.54, 1.807) is 0 Å². The molecule has 2 rings (SSSR count). The van der Waals surface area contributed by atoms with E-state index in [4.69, 9.17) is 4.84 Å². The van der Waals surface area contributed by atoms with Gasteiger partial charge >= 0.3 is 0 Å². The van der Waals surface area contributed by atoms with Crippen molar-refractivity contribution in [2.75, 3.05) is 20.1 Å². The molecule has 0 aliphatic carbocycles. The van der Waals surface area contributed by atoms with E-state index < -0.39 is 0 Å². The molecule has 1 heterocycles. The maximum Gasteiger partial charge on any atom is 0.149 e. The predicted molar refractivity (Wildman–Crippen MR) is 64.0 cm³/mol. The fraction of sp³-hybridized carbons (Fsp3) is 0.500. The van der Waals surface area contributed by atoms with Gasteiger partial charge in [-0.1, -0.05) is 23.3 Å². The van der Waals surface area contributed by atoms with Gasteiger partial charge in [-0.15, -0.1) is 0 Å². The van der Waals surface area contributed by atoms with Crippen molar-refractivity contribution in [1.29, 1.82) is 0 Å². The Labute approximate surface area is 96.5 Å². The molecule has 0 radical (unpaired) electrons. The first-order valence-electron chi connectivity index (χ1n) is 5.69. The second-order valence-corrected chi connectivity index (χ2v) is 4.23.